The number of nitrogens with zero attached hydrogens (tertiary/aromatic N) is 3. The maximum atomic E-state index is 12.6. The van der Waals surface area contributed by atoms with E-state index in [4.69, 9.17) is 17.3 Å². The van der Waals surface area contributed by atoms with Gasteiger partial charge in [0.2, 0.25) is 11.2 Å². The number of aryl methyl sites for hydroxylation is 1. The van der Waals surface area contributed by atoms with Crippen molar-refractivity contribution in [3.8, 4) is 0 Å². The second-order valence-corrected chi connectivity index (χ2v) is 7.00. The van der Waals surface area contributed by atoms with Crippen LogP contribution in [0.1, 0.15) is 38.5 Å². The Morgan fingerprint density at radius 2 is 2.14 bits per heavy atom. The molecule has 1 aromatic rings. The number of hydrogen-bond donors (Lipinski definition) is 1. The van der Waals surface area contributed by atoms with Gasteiger partial charge in [0.05, 0.1) is 6.04 Å². The number of carbonyl (C=O) groups excluding carboxylic acids is 1. The molecule has 1 aliphatic heterocycles. The van der Waals surface area contributed by atoms with Gasteiger partial charge in [-0.05, 0) is 42.7 Å². The van der Waals surface area contributed by atoms with E-state index in [-0.39, 0.29) is 5.91 Å². The number of carbonyl (C=O) groups is 1. The third kappa shape index (κ3) is 3.46. The first kappa shape index (κ1) is 15.8. The fourth-order valence-corrected chi connectivity index (χ4v) is 4.11. The number of nitrogens with two attached hydrogens (primary N) is 1. The largest absolute Gasteiger partial charge is 0.341 e. The molecule has 2 N–H and O–H groups in total. The highest BCUT2D eigenvalue weighted by atomic mass is 35.5. The molecule has 122 valence electrons. The molecular formula is C16H25ClN4O. The lowest BCUT2D eigenvalue weighted by atomic mass is 9.75. The van der Waals surface area contributed by atoms with E-state index in [1.807, 2.05) is 15.7 Å². The Kier molecular flexibility index (Phi) is 5.03. The van der Waals surface area contributed by atoms with Crippen LogP contribution < -0.4 is 5.73 Å². The third-order valence-corrected chi connectivity index (χ3v) is 5.58. The molecule has 5 nitrogen and oxygen atoms in total. The second kappa shape index (κ2) is 7.01. The van der Waals surface area contributed by atoms with Crippen molar-refractivity contribution in [2.75, 3.05) is 13.1 Å². The zero-order chi connectivity index (χ0) is 15.5. The summed E-state index contributed by atoms with van der Waals surface area (Å²) in [6, 6.07) is -0.446. The molecular weight excluding hydrogens is 300 g/mol. The quantitative estimate of drug-likeness (QED) is 0.924. The second-order valence-electron chi connectivity index (χ2n) is 6.66. The first-order valence-corrected chi connectivity index (χ1v) is 8.74. The lowest BCUT2D eigenvalue weighted by molar-refractivity contribution is -0.135. The van der Waals surface area contributed by atoms with Crippen LogP contribution >= 0.6 is 11.6 Å². The summed E-state index contributed by atoms with van der Waals surface area (Å²) in [5.74, 6) is 1.63. The minimum atomic E-state index is -0.446. The van der Waals surface area contributed by atoms with Gasteiger partial charge >= 0.3 is 0 Å². The van der Waals surface area contributed by atoms with Crippen LogP contribution in [-0.4, -0.2) is 39.5 Å². The minimum absolute atomic E-state index is 0.0975. The summed E-state index contributed by atoms with van der Waals surface area (Å²) >= 11 is 5.94. The van der Waals surface area contributed by atoms with E-state index in [1.54, 1.807) is 6.20 Å². The normalized spacial score (nSPS) is 26.5. The molecule has 1 aliphatic carbocycles. The van der Waals surface area contributed by atoms with Gasteiger partial charge in [0.1, 0.15) is 0 Å². The molecule has 2 fully saturated rings. The molecule has 0 radical (unpaired) electrons. The SMILES string of the molecule is NC(CCn1ccnc1Cl)C(=O)N1CC[C@H]2CCCC[C@@H]2C1. The van der Waals surface area contributed by atoms with Gasteiger partial charge in [-0.2, -0.15) is 0 Å². The Bertz CT molecular complexity index is 518. The van der Waals surface area contributed by atoms with Crippen LogP contribution in [0.15, 0.2) is 12.4 Å². The molecule has 3 rings (SSSR count). The number of likely N-dealkylation sites (tertiary alicyclic amines) is 1. The van der Waals surface area contributed by atoms with E-state index in [2.05, 4.69) is 4.98 Å². The fraction of sp³-hybridized carbons (Fsp3) is 0.750. The number of aromatic nitrogens is 2. The summed E-state index contributed by atoms with van der Waals surface area (Å²) < 4.78 is 1.82. The van der Waals surface area contributed by atoms with Crippen LogP contribution in [-0.2, 0) is 11.3 Å². The average molecular weight is 325 g/mol. The molecule has 1 saturated heterocycles. The Hall–Kier alpha value is -1.07. The highest BCUT2D eigenvalue weighted by Gasteiger charge is 2.34. The standard InChI is InChI=1S/C16H25ClN4O/c17-16-19-7-10-20(16)9-6-14(18)15(22)21-8-5-12-3-1-2-4-13(12)11-21/h7,10,12-14H,1-6,8-9,11,18H2/t12-,13-,14?/m1/s1. The Balaban J connectivity index is 1.51. The Morgan fingerprint density at radius 1 is 1.36 bits per heavy atom. The molecule has 3 atom stereocenters. The number of piperidine rings is 1. The first-order chi connectivity index (χ1) is 10.6. The number of halogens is 1. The molecule has 22 heavy (non-hydrogen) atoms. The topological polar surface area (TPSA) is 64.2 Å². The van der Waals surface area contributed by atoms with Crippen molar-refractivity contribution in [3.05, 3.63) is 17.7 Å². The van der Waals surface area contributed by atoms with Gasteiger partial charge < -0.3 is 15.2 Å². The van der Waals surface area contributed by atoms with E-state index < -0.39 is 6.04 Å². The lowest BCUT2D eigenvalue weighted by Gasteiger charge is -2.42. The molecule has 1 amide bonds. The zero-order valence-corrected chi connectivity index (χ0v) is 13.7. The summed E-state index contributed by atoms with van der Waals surface area (Å²) in [5, 5.41) is 0.447. The van der Waals surface area contributed by atoms with Crippen molar-refractivity contribution >= 4 is 17.5 Å². The van der Waals surface area contributed by atoms with Crippen molar-refractivity contribution in [2.45, 2.75) is 51.1 Å². The predicted molar refractivity (Wildman–Crippen MR) is 86.5 cm³/mol. The van der Waals surface area contributed by atoms with Crippen LogP contribution in [0, 0.1) is 11.8 Å². The van der Waals surface area contributed by atoms with E-state index >= 15 is 0 Å². The van der Waals surface area contributed by atoms with Crippen LogP contribution in [0.3, 0.4) is 0 Å². The molecule has 1 saturated carbocycles. The lowest BCUT2D eigenvalue weighted by Crippen LogP contribution is -2.50. The Labute approximate surface area is 136 Å². The average Bonchev–Trinajstić information content (AvgIpc) is 2.96. The van der Waals surface area contributed by atoms with Gasteiger partial charge in [0.25, 0.3) is 0 Å². The molecule has 2 aliphatic rings. The number of rotatable bonds is 4. The molecule has 2 heterocycles. The molecule has 0 aromatic carbocycles. The number of fused-ring (bicyclic) bond motifs is 1. The molecule has 6 heteroatoms. The summed E-state index contributed by atoms with van der Waals surface area (Å²) in [6.07, 6.45) is 10.5. The summed E-state index contributed by atoms with van der Waals surface area (Å²) in [7, 11) is 0. The van der Waals surface area contributed by atoms with Crippen molar-refractivity contribution in [1.82, 2.24) is 14.5 Å². The maximum Gasteiger partial charge on any atom is 0.239 e. The predicted octanol–water partition coefficient (Wildman–Crippen LogP) is 2.29. The summed E-state index contributed by atoms with van der Waals surface area (Å²) in [4.78, 5) is 18.5. The van der Waals surface area contributed by atoms with Gasteiger partial charge in [-0.1, -0.05) is 19.3 Å². The monoisotopic (exact) mass is 324 g/mol. The van der Waals surface area contributed by atoms with Gasteiger partial charge in [-0.25, -0.2) is 4.98 Å². The van der Waals surface area contributed by atoms with Gasteiger partial charge in [-0.3, -0.25) is 4.79 Å². The van der Waals surface area contributed by atoms with Crippen molar-refractivity contribution in [2.24, 2.45) is 17.6 Å². The van der Waals surface area contributed by atoms with Gasteiger partial charge in [0.15, 0.2) is 0 Å². The van der Waals surface area contributed by atoms with E-state index in [0.29, 0.717) is 24.2 Å². The van der Waals surface area contributed by atoms with Crippen molar-refractivity contribution < 1.29 is 4.79 Å². The molecule has 0 bridgehead atoms. The highest BCUT2D eigenvalue weighted by Crippen LogP contribution is 2.36. The number of hydrogen-bond acceptors (Lipinski definition) is 3. The molecule has 0 spiro atoms. The zero-order valence-electron chi connectivity index (χ0n) is 13.0. The van der Waals surface area contributed by atoms with E-state index in [1.165, 1.54) is 25.7 Å². The van der Waals surface area contributed by atoms with Crippen molar-refractivity contribution in [3.63, 3.8) is 0 Å². The van der Waals surface area contributed by atoms with Gasteiger partial charge in [0, 0.05) is 32.0 Å². The van der Waals surface area contributed by atoms with Crippen LogP contribution in [0.2, 0.25) is 5.28 Å². The Morgan fingerprint density at radius 3 is 2.86 bits per heavy atom. The number of amides is 1. The van der Waals surface area contributed by atoms with Crippen molar-refractivity contribution in [1.29, 1.82) is 0 Å². The molecule has 1 aromatic heterocycles. The smallest absolute Gasteiger partial charge is 0.239 e. The van der Waals surface area contributed by atoms with E-state index in [0.717, 1.165) is 25.4 Å². The van der Waals surface area contributed by atoms with Crippen LogP contribution in [0.25, 0.3) is 0 Å². The van der Waals surface area contributed by atoms with Crippen LogP contribution in [0.4, 0.5) is 0 Å². The minimum Gasteiger partial charge on any atom is -0.341 e. The van der Waals surface area contributed by atoms with E-state index in [9.17, 15) is 4.79 Å². The number of imidazole rings is 1. The highest BCUT2D eigenvalue weighted by molar-refractivity contribution is 6.28. The maximum absolute atomic E-state index is 12.6. The molecule has 1 unspecified atom stereocenters. The van der Waals surface area contributed by atoms with Crippen LogP contribution in [0.5, 0.6) is 0 Å². The first-order valence-electron chi connectivity index (χ1n) is 8.36. The fourth-order valence-electron chi connectivity index (χ4n) is 3.91. The van der Waals surface area contributed by atoms with Gasteiger partial charge in [-0.15, -0.1) is 0 Å². The summed E-state index contributed by atoms with van der Waals surface area (Å²) in [5.41, 5.74) is 6.11. The third-order valence-electron chi connectivity index (χ3n) is 5.27. The summed E-state index contributed by atoms with van der Waals surface area (Å²) in [6.45, 7) is 2.41.